The molecule has 1 aromatic rings. The molecule has 1 saturated heterocycles. The normalized spacial score (nSPS) is 30.8. The molecule has 0 saturated carbocycles. The Morgan fingerprint density at radius 2 is 1.93 bits per heavy atom. The van der Waals surface area contributed by atoms with E-state index in [1.54, 1.807) is 6.07 Å². The van der Waals surface area contributed by atoms with E-state index in [1.807, 2.05) is 0 Å². The lowest BCUT2D eigenvalue weighted by atomic mass is 9.92. The Balaban J connectivity index is 2.26. The third-order valence-electron chi connectivity index (χ3n) is 3.13. The molecule has 0 bridgehead atoms. The van der Waals surface area contributed by atoms with Gasteiger partial charge in [0, 0.05) is 18.0 Å². The summed E-state index contributed by atoms with van der Waals surface area (Å²) in [6.45, 7) is 4.19. The van der Waals surface area contributed by atoms with E-state index in [0.29, 0.717) is 12.1 Å². The maximum absolute atomic E-state index is 13.1. The minimum atomic E-state index is -0.773. The van der Waals surface area contributed by atoms with E-state index in [2.05, 4.69) is 19.2 Å². The highest BCUT2D eigenvalue weighted by Crippen LogP contribution is 2.31. The van der Waals surface area contributed by atoms with Gasteiger partial charge >= 0.3 is 0 Å². The molecule has 0 amide bonds. The van der Waals surface area contributed by atoms with Gasteiger partial charge in [-0.25, -0.2) is 8.78 Å². The average Bonchev–Trinajstić information content (AvgIpc) is 2.50. The van der Waals surface area contributed by atoms with Gasteiger partial charge in [-0.2, -0.15) is 0 Å². The van der Waals surface area contributed by atoms with Crippen molar-refractivity contribution in [1.82, 2.24) is 5.32 Å². The number of benzene rings is 1. The van der Waals surface area contributed by atoms with Crippen LogP contribution < -0.4 is 5.32 Å². The first kappa shape index (κ1) is 10.6. The predicted octanol–water partition coefficient (Wildman–Crippen LogP) is 2.82. The van der Waals surface area contributed by atoms with Crippen molar-refractivity contribution in [2.24, 2.45) is 0 Å². The van der Waals surface area contributed by atoms with Gasteiger partial charge in [0.15, 0.2) is 11.6 Å². The van der Waals surface area contributed by atoms with Crippen LogP contribution in [0.4, 0.5) is 8.78 Å². The molecular formula is C12H15F2N. The molecule has 2 rings (SSSR count). The largest absolute Gasteiger partial charge is 0.311 e. The number of hydrogen-bond donors (Lipinski definition) is 1. The summed E-state index contributed by atoms with van der Waals surface area (Å²) >= 11 is 0. The molecule has 15 heavy (non-hydrogen) atoms. The standard InChI is InChI=1S/C12H15F2N/c1-7-5-10(8(2)15-7)9-3-4-11(13)12(14)6-9/h3-4,6-8,10,15H,5H2,1-2H3. The second kappa shape index (κ2) is 3.89. The summed E-state index contributed by atoms with van der Waals surface area (Å²) in [4.78, 5) is 0. The highest BCUT2D eigenvalue weighted by Gasteiger charge is 2.29. The number of hydrogen-bond acceptors (Lipinski definition) is 1. The minimum Gasteiger partial charge on any atom is -0.311 e. The summed E-state index contributed by atoms with van der Waals surface area (Å²) in [6.07, 6.45) is 0.978. The van der Waals surface area contributed by atoms with E-state index >= 15 is 0 Å². The van der Waals surface area contributed by atoms with Gasteiger partial charge in [0.05, 0.1) is 0 Å². The first-order valence-corrected chi connectivity index (χ1v) is 5.29. The molecule has 1 heterocycles. The van der Waals surface area contributed by atoms with Crippen molar-refractivity contribution < 1.29 is 8.78 Å². The van der Waals surface area contributed by atoms with Crippen LogP contribution in [0.2, 0.25) is 0 Å². The molecule has 0 radical (unpaired) electrons. The maximum Gasteiger partial charge on any atom is 0.159 e. The summed E-state index contributed by atoms with van der Waals surface area (Å²) < 4.78 is 25.8. The molecule has 1 aliphatic rings. The van der Waals surface area contributed by atoms with E-state index in [-0.39, 0.29) is 5.92 Å². The van der Waals surface area contributed by atoms with Crippen LogP contribution in [0.5, 0.6) is 0 Å². The van der Waals surface area contributed by atoms with Crippen LogP contribution in [-0.4, -0.2) is 12.1 Å². The van der Waals surface area contributed by atoms with Crippen LogP contribution in [0.3, 0.4) is 0 Å². The van der Waals surface area contributed by atoms with E-state index < -0.39 is 11.6 Å². The lowest BCUT2D eigenvalue weighted by Crippen LogP contribution is -2.26. The smallest absolute Gasteiger partial charge is 0.159 e. The lowest BCUT2D eigenvalue weighted by molar-refractivity contribution is 0.502. The fourth-order valence-corrected chi connectivity index (χ4v) is 2.39. The SMILES string of the molecule is CC1CC(c2ccc(F)c(F)c2)C(C)N1. The summed E-state index contributed by atoms with van der Waals surface area (Å²) in [5, 5.41) is 3.38. The lowest BCUT2D eigenvalue weighted by Gasteiger charge is -2.15. The summed E-state index contributed by atoms with van der Waals surface area (Å²) in [6, 6.07) is 4.97. The van der Waals surface area contributed by atoms with Gasteiger partial charge in [-0.15, -0.1) is 0 Å². The highest BCUT2D eigenvalue weighted by atomic mass is 19.2. The van der Waals surface area contributed by atoms with Gasteiger partial charge in [-0.05, 0) is 38.0 Å². The zero-order valence-corrected chi connectivity index (χ0v) is 8.93. The van der Waals surface area contributed by atoms with Crippen LogP contribution in [-0.2, 0) is 0 Å². The van der Waals surface area contributed by atoms with E-state index in [1.165, 1.54) is 12.1 Å². The minimum absolute atomic E-state index is 0.287. The highest BCUT2D eigenvalue weighted by molar-refractivity contribution is 5.24. The van der Waals surface area contributed by atoms with Gasteiger partial charge in [0.1, 0.15) is 0 Å². The molecule has 3 heteroatoms. The Morgan fingerprint density at radius 3 is 2.47 bits per heavy atom. The molecule has 1 aliphatic heterocycles. The average molecular weight is 211 g/mol. The predicted molar refractivity (Wildman–Crippen MR) is 55.8 cm³/mol. The van der Waals surface area contributed by atoms with Gasteiger partial charge in [0.2, 0.25) is 0 Å². The van der Waals surface area contributed by atoms with Crippen molar-refractivity contribution in [3.63, 3.8) is 0 Å². The van der Waals surface area contributed by atoms with Gasteiger partial charge in [-0.1, -0.05) is 6.07 Å². The second-order valence-electron chi connectivity index (χ2n) is 4.37. The quantitative estimate of drug-likeness (QED) is 0.753. The fraction of sp³-hybridized carbons (Fsp3) is 0.500. The topological polar surface area (TPSA) is 12.0 Å². The van der Waals surface area contributed by atoms with Crippen LogP contribution in [0.25, 0.3) is 0 Å². The molecule has 3 unspecified atom stereocenters. The zero-order valence-electron chi connectivity index (χ0n) is 8.93. The molecule has 0 aliphatic carbocycles. The van der Waals surface area contributed by atoms with Crippen molar-refractivity contribution in [3.05, 3.63) is 35.4 Å². The second-order valence-corrected chi connectivity index (χ2v) is 4.37. The third kappa shape index (κ3) is 2.02. The van der Waals surface area contributed by atoms with Crippen LogP contribution in [0, 0.1) is 11.6 Å². The third-order valence-corrected chi connectivity index (χ3v) is 3.13. The Hall–Kier alpha value is -0.960. The first-order chi connectivity index (χ1) is 7.08. The van der Waals surface area contributed by atoms with Gasteiger partial charge in [0.25, 0.3) is 0 Å². The van der Waals surface area contributed by atoms with E-state index in [0.717, 1.165) is 12.0 Å². The fourth-order valence-electron chi connectivity index (χ4n) is 2.39. The first-order valence-electron chi connectivity index (χ1n) is 5.29. The summed E-state index contributed by atoms with van der Waals surface area (Å²) in [7, 11) is 0. The molecular weight excluding hydrogens is 196 g/mol. The molecule has 1 aromatic carbocycles. The Bertz CT molecular complexity index is 365. The maximum atomic E-state index is 13.1. The van der Waals surface area contributed by atoms with Crippen LogP contribution in [0.15, 0.2) is 18.2 Å². The van der Waals surface area contributed by atoms with Crippen molar-refractivity contribution >= 4 is 0 Å². The number of nitrogens with one attached hydrogen (secondary N) is 1. The monoisotopic (exact) mass is 211 g/mol. The molecule has 0 aromatic heterocycles. The number of halogens is 2. The molecule has 1 N–H and O–H groups in total. The van der Waals surface area contributed by atoms with Crippen molar-refractivity contribution in [2.75, 3.05) is 0 Å². The van der Waals surface area contributed by atoms with Crippen molar-refractivity contribution in [2.45, 2.75) is 38.3 Å². The number of rotatable bonds is 1. The molecule has 1 fully saturated rings. The summed E-state index contributed by atoms with van der Waals surface area (Å²) in [5.41, 5.74) is 0.887. The Labute approximate surface area is 88.5 Å². The van der Waals surface area contributed by atoms with Crippen molar-refractivity contribution in [1.29, 1.82) is 0 Å². The van der Waals surface area contributed by atoms with Crippen LogP contribution >= 0.6 is 0 Å². The molecule has 0 spiro atoms. The zero-order chi connectivity index (χ0) is 11.0. The van der Waals surface area contributed by atoms with Crippen LogP contribution in [0.1, 0.15) is 31.7 Å². The van der Waals surface area contributed by atoms with Gasteiger partial charge in [-0.3, -0.25) is 0 Å². The van der Waals surface area contributed by atoms with Crippen molar-refractivity contribution in [3.8, 4) is 0 Å². The summed E-state index contributed by atoms with van der Waals surface area (Å²) in [5.74, 6) is -1.24. The molecule has 1 nitrogen and oxygen atoms in total. The van der Waals surface area contributed by atoms with Gasteiger partial charge < -0.3 is 5.32 Å². The Kier molecular flexibility index (Phi) is 2.74. The van der Waals surface area contributed by atoms with E-state index in [9.17, 15) is 8.78 Å². The molecule has 82 valence electrons. The molecule has 3 atom stereocenters. The Morgan fingerprint density at radius 1 is 1.20 bits per heavy atom. The van der Waals surface area contributed by atoms with E-state index in [4.69, 9.17) is 0 Å².